The predicted octanol–water partition coefficient (Wildman–Crippen LogP) is 6.15. The van der Waals surface area contributed by atoms with E-state index in [9.17, 15) is 18.8 Å². The number of amides is 3. The maximum atomic E-state index is 13.5. The molecule has 7 nitrogen and oxygen atoms in total. The lowest BCUT2D eigenvalue weighted by atomic mass is 10.0. The molecule has 2 N–H and O–H groups in total. The minimum Gasteiger partial charge on any atom is -0.355 e. The Morgan fingerprint density at radius 2 is 1.90 bits per heavy atom. The normalized spacial score (nSPS) is 17.9. The fourth-order valence-electron chi connectivity index (χ4n) is 3.97. The van der Waals surface area contributed by atoms with Gasteiger partial charge in [0.2, 0.25) is 12.8 Å². The Kier molecular flexibility index (Phi) is 13.8. The third kappa shape index (κ3) is 11.4. The largest absolute Gasteiger partial charge is 0.355 e. The summed E-state index contributed by atoms with van der Waals surface area (Å²) in [7, 11) is 0. The summed E-state index contributed by atoms with van der Waals surface area (Å²) in [6.07, 6.45) is 4.77. The van der Waals surface area contributed by atoms with Gasteiger partial charge in [-0.25, -0.2) is 9.37 Å². The van der Waals surface area contributed by atoms with Crippen LogP contribution in [0.3, 0.4) is 0 Å². The second-order valence-electron chi connectivity index (χ2n) is 11.8. The molecule has 2 atom stereocenters. The van der Waals surface area contributed by atoms with E-state index in [2.05, 4.69) is 62.4 Å². The molecule has 0 radical (unpaired) electrons. The van der Waals surface area contributed by atoms with Crippen molar-refractivity contribution in [3.8, 4) is 10.4 Å². The van der Waals surface area contributed by atoms with Gasteiger partial charge < -0.3 is 15.5 Å². The highest BCUT2D eigenvalue weighted by Gasteiger charge is 2.51. The number of aryl methyl sites for hydroxylation is 1. The van der Waals surface area contributed by atoms with Gasteiger partial charge in [-0.15, -0.1) is 11.3 Å². The Morgan fingerprint density at radius 3 is 2.34 bits per heavy atom. The lowest BCUT2D eigenvalue weighted by molar-refractivity contribution is -0.128. The quantitative estimate of drug-likeness (QED) is 0.299. The van der Waals surface area contributed by atoms with E-state index in [1.807, 2.05) is 48.2 Å². The number of hydrogen-bond acceptors (Lipinski definition) is 6. The molecule has 1 aliphatic carbocycles. The molecule has 1 saturated heterocycles. The Morgan fingerprint density at radius 1 is 1.24 bits per heavy atom. The van der Waals surface area contributed by atoms with E-state index in [1.54, 1.807) is 11.3 Å². The van der Waals surface area contributed by atoms with E-state index in [0.717, 1.165) is 30.0 Å². The van der Waals surface area contributed by atoms with E-state index < -0.39 is 11.6 Å². The second kappa shape index (κ2) is 16.2. The van der Waals surface area contributed by atoms with Crippen molar-refractivity contribution in [2.24, 2.45) is 5.92 Å². The summed E-state index contributed by atoms with van der Waals surface area (Å²) >= 11 is 3.47. The molecule has 3 amide bonds. The van der Waals surface area contributed by atoms with Crippen molar-refractivity contribution in [1.29, 1.82) is 0 Å². The topological polar surface area (TPSA) is 91.4 Å². The zero-order valence-corrected chi connectivity index (χ0v) is 27.2. The van der Waals surface area contributed by atoms with Gasteiger partial charge in [-0.05, 0) is 83.1 Å². The van der Waals surface area contributed by atoms with Gasteiger partial charge in [0.1, 0.15) is 0 Å². The summed E-state index contributed by atoms with van der Waals surface area (Å²) in [6, 6.07) is 8.63. The van der Waals surface area contributed by atoms with E-state index in [-0.39, 0.29) is 10.8 Å². The first kappa shape index (κ1) is 34.7. The third-order valence-electron chi connectivity index (χ3n) is 7.37. The first-order chi connectivity index (χ1) is 19.3. The molecule has 228 valence electrons. The minimum atomic E-state index is -1.56. The first-order valence-corrected chi connectivity index (χ1v) is 16.2. The van der Waals surface area contributed by atoms with Crippen molar-refractivity contribution in [3.63, 3.8) is 0 Å². The van der Waals surface area contributed by atoms with Gasteiger partial charge in [-0.1, -0.05) is 38.1 Å². The van der Waals surface area contributed by atoms with Crippen LogP contribution in [-0.2, 0) is 20.9 Å². The molecule has 41 heavy (non-hydrogen) atoms. The predicted molar refractivity (Wildman–Crippen MR) is 169 cm³/mol. The van der Waals surface area contributed by atoms with Gasteiger partial charge in [0.25, 0.3) is 5.91 Å². The van der Waals surface area contributed by atoms with Crippen LogP contribution in [0.1, 0.15) is 78.5 Å². The molecule has 2 fully saturated rings. The average Bonchev–Trinajstić information content (AvgIpc) is 3.33. The highest BCUT2D eigenvalue weighted by molar-refractivity contribution is 8.00. The van der Waals surface area contributed by atoms with Crippen LogP contribution in [0.4, 0.5) is 4.39 Å². The maximum Gasteiger partial charge on any atom is 0.257 e. The minimum absolute atomic E-state index is 0.0213. The number of carbonyl (C=O) groups excluding carboxylic acids is 3. The number of thiazole rings is 1. The molecule has 1 saturated carbocycles. The number of hydrogen-bond donors (Lipinski definition) is 2. The standard InChI is InChI=1S/C13H24FNOS.C12H12N2OS.C6H11NO/c1-9(2)8-17-12(4,5)10(3)15-11(16)13(14)6-7-13;1-9-12(16-8-14-9)11-4-2-10(3-5-11)6-13-7-15;1-6-3-2-4-7(6)5-8/h9-10H,6-8H2,1-5H3,(H,15,16);2-5,7-8H,6H2,1H3,(H,13,15);5-6H,2-4H2,1H3. The number of benzene rings is 1. The van der Waals surface area contributed by atoms with Crippen LogP contribution in [0.25, 0.3) is 10.4 Å². The van der Waals surface area contributed by atoms with Crippen LogP contribution in [0, 0.1) is 12.8 Å². The maximum absolute atomic E-state index is 13.5. The molecule has 2 aliphatic rings. The molecular formula is C31H47FN4O3S2. The smallest absolute Gasteiger partial charge is 0.257 e. The first-order valence-electron chi connectivity index (χ1n) is 14.3. The molecule has 2 unspecified atom stereocenters. The number of carbonyl (C=O) groups is 3. The summed E-state index contributed by atoms with van der Waals surface area (Å²) in [4.78, 5) is 39.2. The zero-order chi connectivity index (χ0) is 30.6. The molecule has 0 bridgehead atoms. The fraction of sp³-hybridized carbons (Fsp3) is 0.613. The van der Waals surface area contributed by atoms with Gasteiger partial charge in [0.15, 0.2) is 5.67 Å². The van der Waals surface area contributed by atoms with E-state index in [1.165, 1.54) is 23.3 Å². The van der Waals surface area contributed by atoms with Crippen molar-refractivity contribution in [2.45, 2.75) is 103 Å². The van der Waals surface area contributed by atoms with Crippen LogP contribution in [0.2, 0.25) is 0 Å². The van der Waals surface area contributed by atoms with Crippen LogP contribution in [0.15, 0.2) is 29.8 Å². The number of thioether (sulfide) groups is 1. The molecule has 2 heterocycles. The second-order valence-corrected chi connectivity index (χ2v) is 14.3. The Bertz CT molecular complexity index is 1100. The van der Waals surface area contributed by atoms with Crippen molar-refractivity contribution < 1.29 is 18.8 Å². The summed E-state index contributed by atoms with van der Waals surface area (Å²) < 4.78 is 13.5. The molecular weight excluding hydrogens is 559 g/mol. The Balaban J connectivity index is 0.000000228. The Labute approximate surface area is 253 Å². The number of likely N-dealkylation sites (tertiary alicyclic amines) is 1. The molecule has 2 aromatic rings. The Hall–Kier alpha value is -2.46. The summed E-state index contributed by atoms with van der Waals surface area (Å²) in [5.74, 6) is 1.25. The monoisotopic (exact) mass is 606 g/mol. The third-order valence-corrected chi connectivity index (χ3v) is 10.3. The highest BCUT2D eigenvalue weighted by atomic mass is 32.2. The number of rotatable bonds is 11. The van der Waals surface area contributed by atoms with E-state index in [0.29, 0.717) is 37.8 Å². The molecule has 1 aliphatic heterocycles. The summed E-state index contributed by atoms with van der Waals surface area (Å²) in [5.41, 5.74) is 3.62. The van der Waals surface area contributed by atoms with Crippen molar-refractivity contribution in [2.75, 3.05) is 12.3 Å². The molecule has 0 spiro atoms. The van der Waals surface area contributed by atoms with Crippen LogP contribution in [0.5, 0.6) is 0 Å². The van der Waals surface area contributed by atoms with Crippen LogP contribution < -0.4 is 10.6 Å². The number of nitrogens with one attached hydrogen (secondary N) is 2. The number of halogens is 1. The van der Waals surface area contributed by atoms with Gasteiger partial charge >= 0.3 is 0 Å². The lowest BCUT2D eigenvalue weighted by Gasteiger charge is -2.33. The number of alkyl halides is 1. The molecule has 4 rings (SSSR count). The van der Waals surface area contributed by atoms with Crippen molar-refractivity contribution in [1.82, 2.24) is 20.5 Å². The van der Waals surface area contributed by atoms with Crippen molar-refractivity contribution >= 4 is 41.8 Å². The van der Waals surface area contributed by atoms with E-state index >= 15 is 0 Å². The summed E-state index contributed by atoms with van der Waals surface area (Å²) in [6.45, 7) is 16.1. The molecule has 1 aromatic carbocycles. The van der Waals surface area contributed by atoms with Gasteiger partial charge in [-0.3, -0.25) is 14.4 Å². The number of aromatic nitrogens is 1. The molecule has 1 aromatic heterocycles. The van der Waals surface area contributed by atoms with Crippen LogP contribution in [-0.4, -0.2) is 63.4 Å². The lowest BCUT2D eigenvalue weighted by Crippen LogP contribution is -2.48. The molecule has 10 heteroatoms. The summed E-state index contributed by atoms with van der Waals surface area (Å²) in [5, 5.41) is 5.45. The van der Waals surface area contributed by atoms with E-state index in [4.69, 9.17) is 0 Å². The van der Waals surface area contributed by atoms with Gasteiger partial charge in [0.05, 0.1) is 16.1 Å². The zero-order valence-electron chi connectivity index (χ0n) is 25.5. The average molecular weight is 607 g/mol. The number of nitrogens with zero attached hydrogens (tertiary/aromatic N) is 2. The van der Waals surface area contributed by atoms with Crippen molar-refractivity contribution in [3.05, 3.63) is 41.0 Å². The van der Waals surface area contributed by atoms with Gasteiger partial charge in [0, 0.05) is 29.9 Å². The van der Waals surface area contributed by atoms with Crippen LogP contribution >= 0.6 is 23.1 Å². The fourth-order valence-corrected chi connectivity index (χ4v) is 5.85. The van der Waals surface area contributed by atoms with Gasteiger partial charge in [-0.2, -0.15) is 11.8 Å². The SMILES string of the molecule is CC(C)CSC(C)(C)C(C)NC(=O)C1(F)CC1.CC1CCCN1C=O.Cc1ncsc1-c1ccc(CNC=O)cc1. The highest BCUT2D eigenvalue weighted by Crippen LogP contribution is 2.40.